The van der Waals surface area contributed by atoms with E-state index < -0.39 is 16.0 Å². The van der Waals surface area contributed by atoms with Gasteiger partial charge in [0.05, 0.1) is 6.42 Å². The van der Waals surface area contributed by atoms with Crippen LogP contribution in [0.4, 0.5) is 0 Å². The molecule has 0 spiro atoms. The molecule has 0 atom stereocenters. The lowest BCUT2D eigenvalue weighted by Gasteiger charge is -2.41. The lowest BCUT2D eigenvalue weighted by molar-refractivity contribution is -0.136. The van der Waals surface area contributed by atoms with Gasteiger partial charge < -0.3 is 5.11 Å². The Morgan fingerprint density at radius 3 is 1.29 bits per heavy atom. The number of benzene rings is 3. The third-order valence-electron chi connectivity index (χ3n) is 4.06. The highest BCUT2D eigenvalue weighted by Crippen LogP contribution is 2.68. The molecule has 0 fully saturated rings. The van der Waals surface area contributed by atoms with Crippen LogP contribution in [0.1, 0.15) is 6.42 Å². The Labute approximate surface area is 144 Å². The molecule has 0 radical (unpaired) electrons. The first kappa shape index (κ1) is 16.3. The van der Waals surface area contributed by atoms with E-state index in [0.717, 1.165) is 0 Å². The third kappa shape index (κ3) is 3.22. The molecule has 122 valence electrons. The van der Waals surface area contributed by atoms with E-state index >= 15 is 0 Å². The molecule has 0 heterocycles. The molecule has 0 aliphatic carbocycles. The largest absolute Gasteiger partial charge is 0.481 e. The predicted octanol–water partition coefficient (Wildman–Crippen LogP) is 5.44. The van der Waals surface area contributed by atoms with Crippen molar-refractivity contribution < 1.29 is 9.90 Å². The van der Waals surface area contributed by atoms with E-state index in [1.54, 1.807) is 0 Å². The Morgan fingerprint density at radius 2 is 1.00 bits per heavy atom. The fraction of sp³-hybridized carbons (Fsp3) is 0.0952. The van der Waals surface area contributed by atoms with E-state index in [4.69, 9.17) is 0 Å². The second-order valence-corrected chi connectivity index (χ2v) is 8.83. The summed E-state index contributed by atoms with van der Waals surface area (Å²) in [7, 11) is -1.61. The summed E-state index contributed by atoms with van der Waals surface area (Å²) >= 11 is 0. The number of rotatable bonds is 6. The normalized spacial score (nSPS) is 11.8. The monoisotopic (exact) mass is 336 g/mol. The van der Waals surface area contributed by atoms with Gasteiger partial charge >= 0.3 is 5.97 Å². The van der Waals surface area contributed by atoms with Crippen LogP contribution < -0.4 is 0 Å². The summed E-state index contributed by atoms with van der Waals surface area (Å²) in [5.41, 5.74) is 0. The number of hydrogen-bond donors (Lipinski definition) is 1. The second kappa shape index (κ2) is 7.37. The molecule has 0 saturated heterocycles. The third-order valence-corrected chi connectivity index (χ3v) is 8.11. The average molecular weight is 336 g/mol. The smallest absolute Gasteiger partial charge is 0.304 e. The van der Waals surface area contributed by atoms with Gasteiger partial charge in [-0.1, -0.05) is 54.6 Å². The molecule has 3 rings (SSSR count). The molecule has 24 heavy (non-hydrogen) atoms. The van der Waals surface area contributed by atoms with Crippen molar-refractivity contribution in [2.24, 2.45) is 0 Å². The van der Waals surface area contributed by atoms with Gasteiger partial charge in [-0.2, -0.15) is 10.0 Å². The minimum absolute atomic E-state index is 0.147. The minimum Gasteiger partial charge on any atom is -0.481 e. The highest BCUT2D eigenvalue weighted by Gasteiger charge is 2.31. The standard InChI is InChI=1S/C21H20O2S/c22-21(23)16-17-24(18-10-4-1-5-11-18,19-12-6-2-7-13-19)20-14-8-3-9-15-20/h1-15H,16-17H2,(H,22,23). The van der Waals surface area contributed by atoms with Crippen LogP contribution in [0.15, 0.2) is 106 Å². The summed E-state index contributed by atoms with van der Waals surface area (Å²) in [6.45, 7) is 0. The van der Waals surface area contributed by atoms with E-state index in [1.807, 2.05) is 54.6 Å². The number of hydrogen-bond acceptors (Lipinski definition) is 1. The van der Waals surface area contributed by atoms with E-state index in [1.165, 1.54) is 14.7 Å². The zero-order chi connectivity index (χ0) is 16.8. The van der Waals surface area contributed by atoms with Crippen LogP contribution in [0.25, 0.3) is 0 Å². The van der Waals surface area contributed by atoms with Crippen molar-refractivity contribution in [3.63, 3.8) is 0 Å². The van der Waals surface area contributed by atoms with Gasteiger partial charge in [-0.25, -0.2) is 0 Å². The molecule has 2 nitrogen and oxygen atoms in total. The van der Waals surface area contributed by atoms with Crippen LogP contribution in [0.2, 0.25) is 0 Å². The fourth-order valence-electron chi connectivity index (χ4n) is 2.96. The van der Waals surface area contributed by atoms with Gasteiger partial charge in [0, 0.05) is 0 Å². The van der Waals surface area contributed by atoms with E-state index in [-0.39, 0.29) is 6.42 Å². The Kier molecular flexibility index (Phi) is 5.02. The van der Waals surface area contributed by atoms with E-state index in [9.17, 15) is 9.90 Å². The summed E-state index contributed by atoms with van der Waals surface area (Å²) in [5, 5.41) is 9.33. The van der Waals surface area contributed by atoms with Gasteiger partial charge in [-0.05, 0) is 56.8 Å². The summed E-state index contributed by atoms with van der Waals surface area (Å²) in [6.07, 6.45) is 0.147. The SMILES string of the molecule is O=C(O)CCS(c1ccccc1)(c1ccccc1)c1ccccc1. The average Bonchev–Trinajstić information content (AvgIpc) is 2.65. The van der Waals surface area contributed by atoms with E-state index in [0.29, 0.717) is 5.75 Å². The Hall–Kier alpha value is -2.52. The van der Waals surface area contributed by atoms with Crippen LogP contribution in [0.3, 0.4) is 0 Å². The van der Waals surface area contributed by atoms with Crippen molar-refractivity contribution in [1.82, 2.24) is 0 Å². The molecular formula is C21H20O2S. The fourth-order valence-corrected chi connectivity index (χ4v) is 6.83. The van der Waals surface area contributed by atoms with Crippen LogP contribution in [-0.2, 0) is 4.79 Å². The van der Waals surface area contributed by atoms with Gasteiger partial charge in [-0.3, -0.25) is 4.79 Å². The Balaban J connectivity index is 2.26. The molecule has 0 amide bonds. The van der Waals surface area contributed by atoms with Crippen molar-refractivity contribution >= 4 is 16.0 Å². The first-order chi connectivity index (χ1) is 11.7. The Bertz CT molecular complexity index is 689. The van der Waals surface area contributed by atoms with Crippen LogP contribution >= 0.6 is 10.0 Å². The Morgan fingerprint density at radius 1 is 0.667 bits per heavy atom. The van der Waals surface area contributed by atoms with Crippen molar-refractivity contribution in [2.75, 3.05) is 5.75 Å². The molecule has 0 aliphatic heterocycles. The number of carboxylic acid groups (broad SMARTS) is 1. The van der Waals surface area contributed by atoms with Crippen LogP contribution in [-0.4, -0.2) is 16.8 Å². The molecule has 0 aliphatic rings. The maximum Gasteiger partial charge on any atom is 0.304 e. The lowest BCUT2D eigenvalue weighted by Crippen LogP contribution is -2.11. The van der Waals surface area contributed by atoms with Crippen LogP contribution in [0, 0.1) is 0 Å². The van der Waals surface area contributed by atoms with Crippen molar-refractivity contribution in [3.8, 4) is 0 Å². The van der Waals surface area contributed by atoms with Crippen molar-refractivity contribution in [1.29, 1.82) is 0 Å². The molecule has 0 saturated carbocycles. The topological polar surface area (TPSA) is 37.3 Å². The zero-order valence-electron chi connectivity index (χ0n) is 13.3. The van der Waals surface area contributed by atoms with Crippen molar-refractivity contribution in [2.45, 2.75) is 21.1 Å². The van der Waals surface area contributed by atoms with E-state index in [2.05, 4.69) is 36.4 Å². The maximum absolute atomic E-state index is 11.4. The molecule has 3 heteroatoms. The van der Waals surface area contributed by atoms with Crippen molar-refractivity contribution in [3.05, 3.63) is 91.0 Å². The highest BCUT2D eigenvalue weighted by atomic mass is 32.3. The summed E-state index contributed by atoms with van der Waals surface area (Å²) < 4.78 is 0. The van der Waals surface area contributed by atoms with Gasteiger partial charge in [0.15, 0.2) is 0 Å². The predicted molar refractivity (Wildman–Crippen MR) is 98.8 cm³/mol. The highest BCUT2D eigenvalue weighted by molar-refractivity contribution is 8.33. The molecule has 0 bridgehead atoms. The summed E-state index contributed by atoms with van der Waals surface area (Å²) in [5.74, 6) is -0.157. The zero-order valence-corrected chi connectivity index (χ0v) is 14.2. The van der Waals surface area contributed by atoms with Gasteiger partial charge in [-0.15, -0.1) is 0 Å². The summed E-state index contributed by atoms with van der Waals surface area (Å²) in [4.78, 5) is 14.9. The first-order valence-electron chi connectivity index (χ1n) is 7.91. The second-order valence-electron chi connectivity index (χ2n) is 5.53. The van der Waals surface area contributed by atoms with Gasteiger partial charge in [0.2, 0.25) is 0 Å². The molecule has 1 N–H and O–H groups in total. The quantitative estimate of drug-likeness (QED) is 0.650. The molecular weight excluding hydrogens is 316 g/mol. The maximum atomic E-state index is 11.4. The number of carboxylic acids is 1. The summed E-state index contributed by atoms with van der Waals surface area (Å²) in [6, 6.07) is 30.9. The number of carbonyl (C=O) groups is 1. The van der Waals surface area contributed by atoms with Crippen LogP contribution in [0.5, 0.6) is 0 Å². The number of aliphatic carboxylic acids is 1. The molecule has 3 aromatic rings. The lowest BCUT2D eigenvalue weighted by atomic mass is 10.4. The van der Waals surface area contributed by atoms with Gasteiger partial charge in [0.1, 0.15) is 0 Å². The molecule has 0 unspecified atom stereocenters. The van der Waals surface area contributed by atoms with Gasteiger partial charge in [0.25, 0.3) is 0 Å². The molecule has 0 aromatic heterocycles. The first-order valence-corrected chi connectivity index (χ1v) is 9.72. The molecule has 3 aromatic carbocycles. The minimum atomic E-state index is -1.61.